The Balaban J connectivity index is 1.31. The SMILES string of the molecule is CCC[C@H]1N(C(=O)c2ncccc2C(F)(F)F)CCC[C@@]1(Oc1csc(C(F)(F)F)c1)C(=O)N1CCC(O)(c2ccccc2O[C@@H]2CC[C@@H](C(C)=O)C2)CC1. The highest BCUT2D eigenvalue weighted by Crippen LogP contribution is 2.45. The van der Waals surface area contributed by atoms with E-state index < -0.39 is 57.5 Å². The van der Waals surface area contributed by atoms with Gasteiger partial charge in [0.05, 0.1) is 23.3 Å². The minimum Gasteiger partial charge on any atom is -0.490 e. The number of carbonyl (C=O) groups excluding carboxylic acids is 3. The molecule has 3 fully saturated rings. The van der Waals surface area contributed by atoms with E-state index >= 15 is 0 Å². The molecule has 0 radical (unpaired) electrons. The Bertz CT molecular complexity index is 1880. The predicted molar refractivity (Wildman–Crippen MR) is 189 cm³/mol. The number of ketones is 1. The molecule has 0 unspecified atom stereocenters. The number of carbonyl (C=O) groups is 3. The first-order valence-corrected chi connectivity index (χ1v) is 19.3. The van der Waals surface area contributed by atoms with Gasteiger partial charge in [0.15, 0.2) is 0 Å². The van der Waals surface area contributed by atoms with Crippen LogP contribution in [0.1, 0.15) is 98.1 Å². The number of hydrogen-bond donors (Lipinski definition) is 1. The average Bonchev–Trinajstić information content (AvgIpc) is 3.82. The van der Waals surface area contributed by atoms with Gasteiger partial charge < -0.3 is 24.4 Å². The molecule has 0 spiro atoms. The molecule has 1 aromatic carbocycles. The van der Waals surface area contributed by atoms with E-state index in [0.29, 0.717) is 48.3 Å². The molecule has 1 aliphatic carbocycles. The van der Waals surface area contributed by atoms with Crippen molar-refractivity contribution in [2.45, 2.75) is 107 Å². The van der Waals surface area contributed by atoms with Crippen molar-refractivity contribution in [3.8, 4) is 11.5 Å². The summed E-state index contributed by atoms with van der Waals surface area (Å²) < 4.78 is 95.9. The zero-order chi connectivity index (χ0) is 39.8. The van der Waals surface area contributed by atoms with Gasteiger partial charge in [-0.15, -0.1) is 11.3 Å². The number of hydrogen-bond acceptors (Lipinski definition) is 8. The highest BCUT2D eigenvalue weighted by molar-refractivity contribution is 7.10. The van der Waals surface area contributed by atoms with E-state index in [-0.39, 0.29) is 75.3 Å². The summed E-state index contributed by atoms with van der Waals surface area (Å²) in [5.41, 5.74) is -5.00. The molecule has 2 aliphatic heterocycles. The third kappa shape index (κ3) is 8.35. The number of aromatic nitrogens is 1. The highest BCUT2D eigenvalue weighted by Gasteiger charge is 2.57. The number of halogens is 6. The van der Waals surface area contributed by atoms with Crippen LogP contribution in [0.5, 0.6) is 11.5 Å². The number of piperidine rings is 2. The molecule has 6 rings (SSSR count). The van der Waals surface area contributed by atoms with Crippen LogP contribution >= 0.6 is 11.3 Å². The fourth-order valence-electron chi connectivity index (χ4n) is 8.24. The quantitative estimate of drug-likeness (QED) is 0.207. The third-order valence-electron chi connectivity index (χ3n) is 11.0. The molecule has 1 N–H and O–H groups in total. The van der Waals surface area contributed by atoms with Gasteiger partial charge in [-0.05, 0) is 70.1 Å². The van der Waals surface area contributed by atoms with E-state index in [1.807, 2.05) is 0 Å². The third-order valence-corrected chi connectivity index (χ3v) is 12.0. The summed E-state index contributed by atoms with van der Waals surface area (Å²) in [6.07, 6.45) is -6.20. The monoisotopic (exact) mass is 795 g/mol. The Kier molecular flexibility index (Phi) is 11.6. The number of nitrogens with zero attached hydrogens (tertiary/aromatic N) is 3. The molecule has 55 heavy (non-hydrogen) atoms. The van der Waals surface area contributed by atoms with E-state index in [2.05, 4.69) is 4.98 Å². The van der Waals surface area contributed by atoms with E-state index in [0.717, 1.165) is 34.7 Å². The zero-order valence-electron chi connectivity index (χ0n) is 30.4. The first-order chi connectivity index (χ1) is 26.0. The van der Waals surface area contributed by atoms with Crippen molar-refractivity contribution in [3.63, 3.8) is 0 Å². The van der Waals surface area contributed by atoms with Crippen molar-refractivity contribution >= 4 is 28.9 Å². The molecule has 298 valence electrons. The van der Waals surface area contributed by atoms with Crippen LogP contribution in [-0.4, -0.2) is 74.9 Å². The number of rotatable bonds is 10. The fourth-order valence-corrected chi connectivity index (χ4v) is 8.92. The Labute approximate surface area is 318 Å². The van der Waals surface area contributed by atoms with Crippen molar-refractivity contribution in [1.82, 2.24) is 14.8 Å². The molecule has 4 atom stereocenters. The molecule has 4 heterocycles. The maximum Gasteiger partial charge on any atom is 0.425 e. The molecule has 1 saturated carbocycles. The van der Waals surface area contributed by atoms with Crippen molar-refractivity contribution in [2.24, 2.45) is 5.92 Å². The average molecular weight is 796 g/mol. The van der Waals surface area contributed by atoms with Crippen LogP contribution < -0.4 is 9.47 Å². The lowest BCUT2D eigenvalue weighted by Gasteiger charge is -2.51. The van der Waals surface area contributed by atoms with Crippen molar-refractivity contribution < 1.29 is 55.3 Å². The minimum atomic E-state index is -4.91. The summed E-state index contributed by atoms with van der Waals surface area (Å²) in [6.45, 7) is 3.26. The first kappa shape index (κ1) is 40.5. The zero-order valence-corrected chi connectivity index (χ0v) is 31.2. The number of thiophene rings is 1. The number of pyridine rings is 1. The number of benzene rings is 1. The van der Waals surface area contributed by atoms with Crippen LogP contribution in [0.3, 0.4) is 0 Å². The second-order valence-electron chi connectivity index (χ2n) is 14.6. The summed E-state index contributed by atoms with van der Waals surface area (Å²) in [6, 6.07) is 8.44. The minimum absolute atomic E-state index is 0.00664. The molecular formula is C39H43F6N3O6S. The molecule has 16 heteroatoms. The number of aliphatic hydroxyl groups is 1. The van der Waals surface area contributed by atoms with Crippen molar-refractivity contribution in [3.05, 3.63) is 75.7 Å². The van der Waals surface area contributed by atoms with Crippen molar-refractivity contribution in [1.29, 1.82) is 0 Å². The Morgan fingerprint density at radius 3 is 2.35 bits per heavy atom. The molecule has 3 aliphatic rings. The second kappa shape index (κ2) is 15.8. The van der Waals surface area contributed by atoms with Gasteiger partial charge in [-0.2, -0.15) is 26.3 Å². The molecule has 0 bridgehead atoms. The van der Waals surface area contributed by atoms with Crippen LogP contribution in [0.4, 0.5) is 26.3 Å². The first-order valence-electron chi connectivity index (χ1n) is 18.4. The number of Topliss-reactive ketones (excluding diaryl/α,β-unsaturated/α-hetero) is 1. The topological polar surface area (TPSA) is 109 Å². The number of likely N-dealkylation sites (tertiary alicyclic amines) is 2. The van der Waals surface area contributed by atoms with Gasteiger partial charge in [-0.25, -0.2) is 0 Å². The Hall–Kier alpha value is -4.18. The van der Waals surface area contributed by atoms with Gasteiger partial charge in [0.2, 0.25) is 5.60 Å². The predicted octanol–water partition coefficient (Wildman–Crippen LogP) is 8.05. The number of alkyl halides is 6. The van der Waals surface area contributed by atoms with Gasteiger partial charge >= 0.3 is 12.4 Å². The van der Waals surface area contributed by atoms with Crippen LogP contribution in [0.2, 0.25) is 0 Å². The van der Waals surface area contributed by atoms with E-state index in [9.17, 15) is 45.8 Å². The lowest BCUT2D eigenvalue weighted by atomic mass is 9.78. The lowest BCUT2D eigenvalue weighted by molar-refractivity contribution is -0.163. The van der Waals surface area contributed by atoms with Crippen LogP contribution in [0.25, 0.3) is 0 Å². The smallest absolute Gasteiger partial charge is 0.425 e. The van der Waals surface area contributed by atoms with Crippen LogP contribution in [0, 0.1) is 5.92 Å². The van der Waals surface area contributed by atoms with Gasteiger partial charge in [0, 0.05) is 55.2 Å². The maximum atomic E-state index is 14.9. The van der Waals surface area contributed by atoms with E-state index in [4.69, 9.17) is 9.47 Å². The molecule has 2 amide bonds. The molecular weight excluding hydrogens is 752 g/mol. The molecule has 9 nitrogen and oxygen atoms in total. The van der Waals surface area contributed by atoms with Gasteiger partial charge in [0.25, 0.3) is 11.8 Å². The summed E-state index contributed by atoms with van der Waals surface area (Å²) in [5, 5.41) is 13.2. The van der Waals surface area contributed by atoms with E-state index in [1.54, 1.807) is 38.1 Å². The standard InChI is InChI=1S/C39H43F6N3O6S/c1-3-8-31-37(54-27-22-32(55-23-27)39(43,44)45,14-7-18-48(31)34(50)33-29(38(40,41)42)10-6-17-46-33)35(51)47-19-15-36(52,16-20-47)28-9-4-5-11-30(28)53-26-13-12-25(21-26)24(2)49/h4-6,9-11,17,22-23,25-26,31,52H,3,7-8,12-16,18-21H2,1-2H3/t25-,26-,31-,37+/m1/s1. The van der Waals surface area contributed by atoms with Crippen LogP contribution in [-0.2, 0) is 27.5 Å². The van der Waals surface area contributed by atoms with E-state index in [1.165, 1.54) is 4.90 Å². The summed E-state index contributed by atoms with van der Waals surface area (Å²) >= 11 is 0.373. The molecule has 2 aromatic heterocycles. The largest absolute Gasteiger partial charge is 0.490 e. The summed E-state index contributed by atoms with van der Waals surface area (Å²) in [5.74, 6) is -1.49. The molecule has 2 saturated heterocycles. The number of para-hydroxylation sites is 1. The van der Waals surface area contributed by atoms with Crippen LogP contribution in [0.15, 0.2) is 54.0 Å². The summed E-state index contributed by atoms with van der Waals surface area (Å²) in [4.78, 5) is 46.4. The maximum absolute atomic E-state index is 14.9. The normalized spacial score (nSPS) is 24.4. The fraction of sp³-hybridized carbons (Fsp3) is 0.538. The number of ether oxygens (including phenoxy) is 2. The highest BCUT2D eigenvalue weighted by atomic mass is 32.1. The Morgan fingerprint density at radius 1 is 0.982 bits per heavy atom. The lowest BCUT2D eigenvalue weighted by Crippen LogP contribution is -2.68. The second-order valence-corrected chi connectivity index (χ2v) is 15.5. The van der Waals surface area contributed by atoms with Gasteiger partial charge in [-0.3, -0.25) is 19.4 Å². The van der Waals surface area contributed by atoms with Gasteiger partial charge in [-0.1, -0.05) is 31.5 Å². The Morgan fingerprint density at radius 2 is 1.71 bits per heavy atom. The van der Waals surface area contributed by atoms with Gasteiger partial charge in [0.1, 0.15) is 27.9 Å². The summed E-state index contributed by atoms with van der Waals surface area (Å²) in [7, 11) is 0. The molecule has 3 aromatic rings. The number of amides is 2. The van der Waals surface area contributed by atoms with Crippen molar-refractivity contribution in [2.75, 3.05) is 19.6 Å².